The summed E-state index contributed by atoms with van der Waals surface area (Å²) >= 11 is 6.21. The molecule has 0 aliphatic rings. The Balaban J connectivity index is 2.18. The first-order valence-electron chi connectivity index (χ1n) is 8.62. The SMILES string of the molecule is FC(F)(F)Oc1cccc(-c2cc(C(F)(F)F)nc(-c3cccc(OC(F)(F)F)c3)c2Cl)c1. The molecule has 0 radical (unpaired) electrons. The molecule has 3 nitrogen and oxygen atoms in total. The first-order chi connectivity index (χ1) is 15.1. The molecule has 0 spiro atoms. The summed E-state index contributed by atoms with van der Waals surface area (Å²) in [5.74, 6) is -1.46. The van der Waals surface area contributed by atoms with Gasteiger partial charge in [0.05, 0.1) is 10.7 Å². The second-order valence-corrected chi connectivity index (χ2v) is 6.74. The van der Waals surface area contributed by atoms with Crippen LogP contribution in [0.4, 0.5) is 39.5 Å². The summed E-state index contributed by atoms with van der Waals surface area (Å²) in [6, 6.07) is 8.42. The second-order valence-electron chi connectivity index (χ2n) is 6.37. The minimum atomic E-state index is -5.06. The van der Waals surface area contributed by atoms with Crippen LogP contribution in [0.2, 0.25) is 5.02 Å². The molecule has 33 heavy (non-hydrogen) atoms. The average Bonchev–Trinajstić information content (AvgIpc) is 2.65. The Morgan fingerprint density at radius 3 is 1.64 bits per heavy atom. The van der Waals surface area contributed by atoms with Crippen molar-refractivity contribution in [3.63, 3.8) is 0 Å². The number of hydrogen-bond acceptors (Lipinski definition) is 3. The van der Waals surface area contributed by atoms with E-state index >= 15 is 0 Å². The zero-order valence-electron chi connectivity index (χ0n) is 15.7. The van der Waals surface area contributed by atoms with Gasteiger partial charge in [-0.1, -0.05) is 35.9 Å². The van der Waals surface area contributed by atoms with E-state index < -0.39 is 46.8 Å². The van der Waals surface area contributed by atoms with Crippen LogP contribution in [0.15, 0.2) is 54.6 Å². The van der Waals surface area contributed by atoms with E-state index in [1.54, 1.807) is 0 Å². The van der Waals surface area contributed by atoms with Gasteiger partial charge in [-0.05, 0) is 35.9 Å². The van der Waals surface area contributed by atoms with Gasteiger partial charge in [0.2, 0.25) is 0 Å². The van der Waals surface area contributed by atoms with E-state index in [0.29, 0.717) is 6.07 Å². The lowest BCUT2D eigenvalue weighted by molar-refractivity contribution is -0.275. The van der Waals surface area contributed by atoms with Crippen molar-refractivity contribution in [2.75, 3.05) is 0 Å². The van der Waals surface area contributed by atoms with Crippen LogP contribution in [0.1, 0.15) is 5.69 Å². The summed E-state index contributed by atoms with van der Waals surface area (Å²) in [6.07, 6.45) is -15.1. The Hall–Kier alpha value is -3.15. The molecule has 2 aromatic carbocycles. The van der Waals surface area contributed by atoms with Gasteiger partial charge in [-0.15, -0.1) is 26.3 Å². The highest BCUT2D eigenvalue weighted by Gasteiger charge is 2.35. The number of rotatable bonds is 4. The van der Waals surface area contributed by atoms with Crippen molar-refractivity contribution >= 4 is 11.6 Å². The Morgan fingerprint density at radius 2 is 1.15 bits per heavy atom. The normalized spacial score (nSPS) is 12.5. The van der Waals surface area contributed by atoms with Gasteiger partial charge in [0.15, 0.2) is 0 Å². The van der Waals surface area contributed by atoms with Crippen LogP contribution >= 0.6 is 11.6 Å². The molecule has 0 atom stereocenters. The van der Waals surface area contributed by atoms with Gasteiger partial charge < -0.3 is 9.47 Å². The Bertz CT molecular complexity index is 1080. The molecule has 0 fully saturated rings. The zero-order valence-corrected chi connectivity index (χ0v) is 16.5. The predicted molar refractivity (Wildman–Crippen MR) is 98.5 cm³/mol. The minimum absolute atomic E-state index is 0.182. The first kappa shape index (κ1) is 24.5. The third-order valence-corrected chi connectivity index (χ3v) is 4.35. The lowest BCUT2D eigenvalue weighted by Gasteiger charge is -2.16. The van der Waals surface area contributed by atoms with E-state index in [1.165, 1.54) is 6.07 Å². The van der Waals surface area contributed by atoms with Gasteiger partial charge >= 0.3 is 18.9 Å². The molecule has 3 rings (SSSR count). The lowest BCUT2D eigenvalue weighted by atomic mass is 10.0. The van der Waals surface area contributed by atoms with Crippen molar-refractivity contribution in [3.8, 4) is 33.9 Å². The number of pyridine rings is 1. The molecular weight excluding hydrogens is 493 g/mol. The third kappa shape index (κ3) is 6.44. The largest absolute Gasteiger partial charge is 0.573 e. The number of alkyl halides is 9. The van der Waals surface area contributed by atoms with Gasteiger partial charge in [0.25, 0.3) is 0 Å². The van der Waals surface area contributed by atoms with Gasteiger partial charge in [-0.3, -0.25) is 0 Å². The van der Waals surface area contributed by atoms with E-state index in [1.807, 2.05) is 0 Å². The summed E-state index contributed by atoms with van der Waals surface area (Å²) in [4.78, 5) is 3.41. The maximum absolute atomic E-state index is 13.5. The maximum atomic E-state index is 13.5. The number of ether oxygens (including phenoxy) is 2. The molecule has 0 bridgehead atoms. The van der Waals surface area contributed by atoms with Crippen molar-refractivity contribution in [1.29, 1.82) is 0 Å². The smallest absolute Gasteiger partial charge is 0.406 e. The maximum Gasteiger partial charge on any atom is 0.573 e. The Kier molecular flexibility index (Phi) is 6.42. The van der Waals surface area contributed by atoms with Crippen LogP contribution in [0.5, 0.6) is 11.5 Å². The van der Waals surface area contributed by atoms with E-state index in [4.69, 9.17) is 11.6 Å². The highest BCUT2D eigenvalue weighted by molar-refractivity contribution is 6.35. The molecule has 3 aromatic rings. The fourth-order valence-corrected chi connectivity index (χ4v) is 3.09. The topological polar surface area (TPSA) is 31.4 Å². The monoisotopic (exact) mass is 501 g/mol. The summed E-state index contributed by atoms with van der Waals surface area (Å²) in [6.45, 7) is 0. The number of hydrogen-bond donors (Lipinski definition) is 0. The summed E-state index contributed by atoms with van der Waals surface area (Å²) in [5, 5.41) is -0.448. The van der Waals surface area contributed by atoms with E-state index in [9.17, 15) is 39.5 Å². The molecule has 1 aromatic heterocycles. The Morgan fingerprint density at radius 1 is 0.667 bits per heavy atom. The van der Waals surface area contributed by atoms with E-state index in [-0.39, 0.29) is 16.7 Å². The zero-order chi connectivity index (χ0) is 24.6. The summed E-state index contributed by atoms with van der Waals surface area (Å²) in [5.41, 5.74) is -2.84. The van der Waals surface area contributed by atoms with Gasteiger partial charge in [0.1, 0.15) is 17.2 Å². The molecule has 0 unspecified atom stereocenters. The fourth-order valence-electron chi connectivity index (χ4n) is 2.78. The Labute approximate surface area is 184 Å². The van der Waals surface area contributed by atoms with Crippen molar-refractivity contribution in [1.82, 2.24) is 4.98 Å². The van der Waals surface area contributed by atoms with Crippen LogP contribution in [-0.4, -0.2) is 17.7 Å². The summed E-state index contributed by atoms with van der Waals surface area (Å²) < 4.78 is 123. The molecule has 13 heteroatoms. The van der Waals surface area contributed by atoms with Crippen LogP contribution in [-0.2, 0) is 6.18 Å². The number of benzene rings is 2. The van der Waals surface area contributed by atoms with Crippen LogP contribution in [0.3, 0.4) is 0 Å². The summed E-state index contributed by atoms with van der Waals surface area (Å²) in [7, 11) is 0. The van der Waals surface area contributed by atoms with E-state index in [2.05, 4.69) is 14.5 Å². The lowest BCUT2D eigenvalue weighted by Crippen LogP contribution is -2.17. The van der Waals surface area contributed by atoms with Crippen molar-refractivity contribution in [2.24, 2.45) is 0 Å². The highest BCUT2D eigenvalue weighted by atomic mass is 35.5. The molecule has 0 amide bonds. The van der Waals surface area contributed by atoms with Crippen LogP contribution in [0.25, 0.3) is 22.4 Å². The predicted octanol–water partition coefficient (Wildman–Crippen LogP) is 7.89. The van der Waals surface area contributed by atoms with E-state index in [0.717, 1.165) is 42.5 Å². The third-order valence-electron chi connectivity index (χ3n) is 3.97. The van der Waals surface area contributed by atoms with Crippen molar-refractivity contribution in [3.05, 3.63) is 65.3 Å². The van der Waals surface area contributed by atoms with Gasteiger partial charge in [0, 0.05) is 11.1 Å². The van der Waals surface area contributed by atoms with Crippen LogP contribution < -0.4 is 9.47 Å². The second kappa shape index (κ2) is 8.65. The number of halogens is 10. The molecule has 0 saturated carbocycles. The van der Waals surface area contributed by atoms with Crippen molar-refractivity contribution in [2.45, 2.75) is 18.9 Å². The highest BCUT2D eigenvalue weighted by Crippen LogP contribution is 2.41. The molecule has 176 valence electrons. The number of nitrogens with zero attached hydrogens (tertiary/aromatic N) is 1. The standard InChI is InChI=1S/C20H9ClF9NO2/c21-16-14(10-3-1-5-12(7-10)32-19(25,26)27)9-15(18(22,23)24)31-17(16)11-4-2-6-13(8-11)33-20(28,29)30/h1-9H. The molecule has 0 N–H and O–H groups in total. The average molecular weight is 502 g/mol. The minimum Gasteiger partial charge on any atom is -0.406 e. The van der Waals surface area contributed by atoms with Crippen LogP contribution in [0, 0.1) is 0 Å². The van der Waals surface area contributed by atoms with Crippen molar-refractivity contribution < 1.29 is 49.0 Å². The molecule has 0 aliphatic heterocycles. The molecule has 1 heterocycles. The molecular formula is C20H9ClF9NO2. The van der Waals surface area contributed by atoms with Gasteiger partial charge in [-0.25, -0.2) is 4.98 Å². The fraction of sp³-hybridized carbons (Fsp3) is 0.150. The first-order valence-corrected chi connectivity index (χ1v) is 9.00. The van der Waals surface area contributed by atoms with Gasteiger partial charge in [-0.2, -0.15) is 13.2 Å². The quantitative estimate of drug-likeness (QED) is 0.341. The molecule has 0 aliphatic carbocycles. The molecule has 0 saturated heterocycles. The number of aromatic nitrogens is 1.